The molecule has 6 heteroatoms. The first-order chi connectivity index (χ1) is 15.3. The highest BCUT2D eigenvalue weighted by Gasteiger charge is 2.26. The van der Waals surface area contributed by atoms with Crippen molar-refractivity contribution in [2.45, 2.75) is 57.9 Å². The molecule has 1 N–H and O–H groups in total. The Morgan fingerprint density at radius 3 is 2.42 bits per heavy atom. The number of fused-ring (bicyclic) bond motifs is 1. The lowest BCUT2D eigenvalue weighted by atomic mass is 9.86. The number of rotatable bonds is 13. The molecule has 3 rings (SSSR count). The van der Waals surface area contributed by atoms with Gasteiger partial charge in [-0.1, -0.05) is 43.3 Å². The monoisotopic (exact) mass is 496 g/mol. The van der Waals surface area contributed by atoms with Crippen LogP contribution in [0.25, 0.3) is 0 Å². The van der Waals surface area contributed by atoms with E-state index in [1.165, 1.54) is 55.5 Å². The smallest absolute Gasteiger partial charge is 0.164 e. The van der Waals surface area contributed by atoms with Crippen molar-refractivity contribution >= 4 is 24.8 Å². The molecule has 0 amide bonds. The number of halogens is 2. The molecule has 2 aromatic rings. The van der Waals surface area contributed by atoms with E-state index < -0.39 is 0 Å². The first kappa shape index (κ1) is 29.6. The molecule has 0 aliphatic heterocycles. The summed E-state index contributed by atoms with van der Waals surface area (Å²) in [4.78, 5) is 2.73. The molecule has 186 valence electrons. The van der Waals surface area contributed by atoms with E-state index in [0.717, 1.165) is 43.9 Å². The van der Waals surface area contributed by atoms with Crippen LogP contribution < -0.4 is 14.8 Å². The van der Waals surface area contributed by atoms with Gasteiger partial charge in [-0.05, 0) is 88.3 Å². The van der Waals surface area contributed by atoms with E-state index >= 15 is 0 Å². The summed E-state index contributed by atoms with van der Waals surface area (Å²) in [7, 11) is 3.47. The maximum Gasteiger partial charge on any atom is 0.164 e. The molecule has 4 nitrogen and oxygen atoms in total. The Morgan fingerprint density at radius 2 is 1.73 bits per heavy atom. The predicted octanol–water partition coefficient (Wildman–Crippen LogP) is 5.73. The van der Waals surface area contributed by atoms with Crippen LogP contribution in [0.4, 0.5) is 0 Å². The van der Waals surface area contributed by atoms with E-state index in [9.17, 15) is 0 Å². The molecule has 0 bridgehead atoms. The summed E-state index contributed by atoms with van der Waals surface area (Å²) in [6.07, 6.45) is 8.21. The highest BCUT2D eigenvalue weighted by molar-refractivity contribution is 5.85. The first-order valence-electron chi connectivity index (χ1n) is 12.0. The fourth-order valence-electron chi connectivity index (χ4n) is 4.81. The van der Waals surface area contributed by atoms with Crippen LogP contribution in [0.15, 0.2) is 42.5 Å². The molecular formula is C27H42Cl2N2O2. The summed E-state index contributed by atoms with van der Waals surface area (Å²) >= 11 is 0. The molecule has 33 heavy (non-hydrogen) atoms. The van der Waals surface area contributed by atoms with Crippen molar-refractivity contribution in [3.63, 3.8) is 0 Å². The van der Waals surface area contributed by atoms with Gasteiger partial charge in [-0.3, -0.25) is 0 Å². The zero-order valence-corrected chi connectivity index (χ0v) is 22.1. The van der Waals surface area contributed by atoms with Gasteiger partial charge < -0.3 is 19.7 Å². The van der Waals surface area contributed by atoms with Gasteiger partial charge in [0, 0.05) is 11.6 Å². The number of benzene rings is 2. The van der Waals surface area contributed by atoms with Gasteiger partial charge in [0.15, 0.2) is 11.5 Å². The van der Waals surface area contributed by atoms with Gasteiger partial charge in [0.1, 0.15) is 0 Å². The van der Waals surface area contributed by atoms with E-state index in [1.807, 2.05) is 0 Å². The Hall–Kier alpha value is -1.46. The second-order valence-corrected chi connectivity index (χ2v) is 8.56. The SMILES string of the molecule is CCCN(CCCCNCCc1ccccc1)C1CCc2c(ccc(OC)c2OC)C1.Cl.Cl. The largest absolute Gasteiger partial charge is 0.493 e. The van der Waals surface area contributed by atoms with Crippen molar-refractivity contribution < 1.29 is 9.47 Å². The van der Waals surface area contributed by atoms with Gasteiger partial charge in [-0.15, -0.1) is 24.8 Å². The van der Waals surface area contributed by atoms with Crippen molar-refractivity contribution in [2.24, 2.45) is 0 Å². The Morgan fingerprint density at radius 1 is 0.939 bits per heavy atom. The standard InChI is InChI=1S/C27H40N2O2.2ClH/c1-4-19-29(20-9-8-17-28-18-16-22-10-6-5-7-11-22)24-13-14-25-23(21-24)12-15-26(30-2)27(25)31-3;;/h5-7,10-12,15,24,28H,4,8-9,13-14,16-21H2,1-3H3;2*1H. The molecule has 1 atom stereocenters. The van der Waals surface area contributed by atoms with Crippen LogP contribution >= 0.6 is 24.8 Å². The van der Waals surface area contributed by atoms with Crippen molar-refractivity contribution in [3.8, 4) is 11.5 Å². The lowest BCUT2D eigenvalue weighted by Gasteiger charge is -2.36. The van der Waals surface area contributed by atoms with Crippen LogP contribution in [0, 0.1) is 0 Å². The molecule has 0 heterocycles. The predicted molar refractivity (Wildman–Crippen MR) is 144 cm³/mol. The fourth-order valence-corrected chi connectivity index (χ4v) is 4.81. The van der Waals surface area contributed by atoms with Crippen LogP contribution in [0.3, 0.4) is 0 Å². The summed E-state index contributed by atoms with van der Waals surface area (Å²) in [6.45, 7) is 6.85. The van der Waals surface area contributed by atoms with E-state index in [4.69, 9.17) is 9.47 Å². The second-order valence-electron chi connectivity index (χ2n) is 8.56. The summed E-state index contributed by atoms with van der Waals surface area (Å²) in [5, 5.41) is 3.61. The highest BCUT2D eigenvalue weighted by Crippen LogP contribution is 2.38. The van der Waals surface area contributed by atoms with Gasteiger partial charge >= 0.3 is 0 Å². The van der Waals surface area contributed by atoms with E-state index in [2.05, 4.69) is 59.6 Å². The maximum atomic E-state index is 5.67. The van der Waals surface area contributed by atoms with Crippen molar-refractivity contribution in [3.05, 3.63) is 59.2 Å². The lowest BCUT2D eigenvalue weighted by molar-refractivity contribution is 0.175. The average Bonchev–Trinajstić information content (AvgIpc) is 2.82. The zero-order valence-electron chi connectivity index (χ0n) is 20.5. The summed E-state index contributed by atoms with van der Waals surface area (Å²) in [5.41, 5.74) is 4.19. The second kappa shape index (κ2) is 16.2. The number of unbranched alkanes of at least 4 members (excludes halogenated alkanes) is 1. The van der Waals surface area contributed by atoms with Gasteiger partial charge in [0.05, 0.1) is 14.2 Å². The number of nitrogens with zero attached hydrogens (tertiary/aromatic N) is 1. The van der Waals surface area contributed by atoms with Crippen LogP contribution in [-0.2, 0) is 19.3 Å². The molecule has 1 aliphatic carbocycles. The molecule has 0 fully saturated rings. The minimum atomic E-state index is 0. The summed E-state index contributed by atoms with van der Waals surface area (Å²) in [5.74, 6) is 1.78. The molecule has 0 radical (unpaired) electrons. The van der Waals surface area contributed by atoms with Crippen LogP contribution in [0.1, 0.15) is 49.3 Å². The molecule has 1 aliphatic rings. The molecule has 0 spiro atoms. The minimum absolute atomic E-state index is 0. The average molecular weight is 498 g/mol. The van der Waals surface area contributed by atoms with Crippen molar-refractivity contribution in [2.75, 3.05) is 40.4 Å². The van der Waals surface area contributed by atoms with E-state index in [0.29, 0.717) is 6.04 Å². The number of methoxy groups -OCH3 is 2. The molecule has 0 saturated heterocycles. The molecule has 0 aromatic heterocycles. The van der Waals surface area contributed by atoms with Crippen LogP contribution in [0.5, 0.6) is 11.5 Å². The van der Waals surface area contributed by atoms with Crippen molar-refractivity contribution in [1.29, 1.82) is 0 Å². The minimum Gasteiger partial charge on any atom is -0.493 e. The number of ether oxygens (including phenoxy) is 2. The molecule has 0 saturated carbocycles. The summed E-state index contributed by atoms with van der Waals surface area (Å²) < 4.78 is 11.2. The zero-order chi connectivity index (χ0) is 21.9. The third-order valence-electron chi connectivity index (χ3n) is 6.44. The molecule has 1 unspecified atom stereocenters. The van der Waals surface area contributed by atoms with Gasteiger partial charge in [-0.2, -0.15) is 0 Å². The Kier molecular flexibility index (Phi) is 14.5. The van der Waals surface area contributed by atoms with Crippen LogP contribution in [-0.4, -0.2) is 51.3 Å². The lowest BCUT2D eigenvalue weighted by Crippen LogP contribution is -2.40. The van der Waals surface area contributed by atoms with E-state index in [1.54, 1.807) is 14.2 Å². The first-order valence-corrected chi connectivity index (χ1v) is 12.0. The van der Waals surface area contributed by atoms with Gasteiger partial charge in [0.2, 0.25) is 0 Å². The Balaban J connectivity index is 0.00000272. The summed E-state index contributed by atoms with van der Waals surface area (Å²) in [6, 6.07) is 15.7. The number of hydrogen-bond acceptors (Lipinski definition) is 4. The molecular weight excluding hydrogens is 455 g/mol. The quantitative estimate of drug-likeness (QED) is 0.359. The van der Waals surface area contributed by atoms with E-state index in [-0.39, 0.29) is 24.8 Å². The highest BCUT2D eigenvalue weighted by atomic mass is 35.5. The third-order valence-corrected chi connectivity index (χ3v) is 6.44. The normalized spacial score (nSPS) is 14.7. The molecule has 2 aromatic carbocycles. The fraction of sp³-hybridized carbons (Fsp3) is 0.556. The maximum absolute atomic E-state index is 5.67. The third kappa shape index (κ3) is 8.68. The Bertz CT molecular complexity index is 789. The Labute approximate surface area is 213 Å². The van der Waals surface area contributed by atoms with Gasteiger partial charge in [0.25, 0.3) is 0 Å². The number of hydrogen-bond donors (Lipinski definition) is 1. The van der Waals surface area contributed by atoms with Gasteiger partial charge in [-0.25, -0.2) is 0 Å². The number of nitrogens with one attached hydrogen (secondary N) is 1. The van der Waals surface area contributed by atoms with Crippen LogP contribution in [0.2, 0.25) is 0 Å². The topological polar surface area (TPSA) is 33.7 Å². The van der Waals surface area contributed by atoms with Crippen molar-refractivity contribution in [1.82, 2.24) is 10.2 Å².